The fourth-order valence-electron chi connectivity index (χ4n) is 4.20. The lowest BCUT2D eigenvalue weighted by Gasteiger charge is -2.15. The van der Waals surface area contributed by atoms with E-state index in [1.807, 2.05) is 66.7 Å². The molecule has 7 heteroatoms. The van der Waals surface area contributed by atoms with Crippen molar-refractivity contribution in [2.45, 2.75) is 0 Å². The molecule has 0 bridgehead atoms. The van der Waals surface area contributed by atoms with Gasteiger partial charge >= 0.3 is 5.97 Å². The number of hydrogen-bond donors (Lipinski definition) is 2. The number of β-amino-alcohol motifs (C(OH)–C–C–N with tert-alkyl or cyclic N) is 1. The molecule has 0 aliphatic carbocycles. The van der Waals surface area contributed by atoms with Crippen molar-refractivity contribution in [3.63, 3.8) is 0 Å². The van der Waals surface area contributed by atoms with Gasteiger partial charge < -0.3 is 24.5 Å². The fourth-order valence-corrected chi connectivity index (χ4v) is 4.20. The van der Waals surface area contributed by atoms with Gasteiger partial charge in [0.15, 0.2) is 0 Å². The minimum absolute atomic E-state index is 0.0978. The largest absolute Gasteiger partial charge is 0.466 e. The number of benzene rings is 3. The van der Waals surface area contributed by atoms with Gasteiger partial charge in [0, 0.05) is 28.6 Å². The Morgan fingerprint density at radius 2 is 1.82 bits per heavy atom. The number of amides is 1. The second-order valence-corrected chi connectivity index (χ2v) is 7.78. The number of anilines is 1. The molecular formula is C26H22N2O5. The highest BCUT2D eigenvalue weighted by Gasteiger charge is 2.34. The molecule has 0 radical (unpaired) electrons. The smallest absolute Gasteiger partial charge is 0.337 e. The number of ether oxygens (including phenoxy) is 1. The van der Waals surface area contributed by atoms with Crippen LogP contribution in [0.3, 0.4) is 0 Å². The van der Waals surface area contributed by atoms with E-state index in [1.54, 1.807) is 0 Å². The molecule has 1 aliphatic rings. The minimum atomic E-state index is -0.570. The zero-order valence-corrected chi connectivity index (χ0v) is 18.0. The lowest BCUT2D eigenvalue weighted by atomic mass is 10.0. The summed E-state index contributed by atoms with van der Waals surface area (Å²) in [7, 11) is 1.28. The number of nitrogens with zero attached hydrogens (tertiary/aromatic N) is 1. The molecule has 0 spiro atoms. The monoisotopic (exact) mass is 442 g/mol. The third-order valence-corrected chi connectivity index (χ3v) is 5.82. The first-order valence-electron chi connectivity index (χ1n) is 10.6. The van der Waals surface area contributed by atoms with Gasteiger partial charge in [-0.2, -0.15) is 0 Å². The lowest BCUT2D eigenvalue weighted by Crippen LogP contribution is -2.31. The van der Waals surface area contributed by atoms with Crippen LogP contribution in [0.15, 0.2) is 82.4 Å². The number of para-hydroxylation sites is 2. The van der Waals surface area contributed by atoms with Crippen molar-refractivity contribution >= 4 is 39.5 Å². The van der Waals surface area contributed by atoms with Crippen LogP contribution in [-0.2, 0) is 14.3 Å². The Morgan fingerprint density at radius 3 is 2.58 bits per heavy atom. The van der Waals surface area contributed by atoms with E-state index < -0.39 is 5.97 Å². The summed E-state index contributed by atoms with van der Waals surface area (Å²) in [6.07, 6.45) is 0. The number of hydrogen-bond acceptors (Lipinski definition) is 6. The zero-order chi connectivity index (χ0) is 22.9. The maximum Gasteiger partial charge on any atom is 0.337 e. The highest BCUT2D eigenvalue weighted by Crippen LogP contribution is 2.36. The van der Waals surface area contributed by atoms with E-state index in [2.05, 4.69) is 5.32 Å². The number of aliphatic hydroxyl groups excluding tert-OH is 1. The summed E-state index contributed by atoms with van der Waals surface area (Å²) in [4.78, 5) is 26.3. The molecule has 2 N–H and O–H groups in total. The average Bonchev–Trinajstić information content (AvgIpc) is 3.37. The molecule has 7 nitrogen and oxygen atoms in total. The second kappa shape index (κ2) is 8.44. The van der Waals surface area contributed by atoms with Crippen LogP contribution in [0.2, 0.25) is 0 Å². The first-order chi connectivity index (χ1) is 16.1. The third-order valence-electron chi connectivity index (χ3n) is 5.82. The molecule has 5 rings (SSSR count). The molecular weight excluding hydrogens is 420 g/mol. The van der Waals surface area contributed by atoms with Crippen LogP contribution in [0, 0.1) is 0 Å². The Balaban J connectivity index is 1.47. The van der Waals surface area contributed by atoms with Crippen molar-refractivity contribution in [2.75, 3.05) is 32.1 Å². The Labute approximate surface area is 189 Å². The zero-order valence-electron chi connectivity index (χ0n) is 18.0. The first kappa shape index (κ1) is 20.8. The fraction of sp³-hybridized carbons (Fsp3) is 0.154. The van der Waals surface area contributed by atoms with Crippen LogP contribution in [0.25, 0.3) is 33.1 Å². The van der Waals surface area contributed by atoms with Crippen LogP contribution in [0.4, 0.5) is 5.69 Å². The number of aliphatic hydroxyl groups is 1. The van der Waals surface area contributed by atoms with Gasteiger partial charge in [0.05, 0.1) is 25.8 Å². The predicted octanol–water partition coefficient (Wildman–Crippen LogP) is 3.93. The van der Waals surface area contributed by atoms with Crippen molar-refractivity contribution < 1.29 is 23.8 Å². The summed E-state index contributed by atoms with van der Waals surface area (Å²) >= 11 is 0. The van der Waals surface area contributed by atoms with E-state index in [4.69, 9.17) is 9.15 Å². The third kappa shape index (κ3) is 3.62. The van der Waals surface area contributed by atoms with E-state index in [0.717, 1.165) is 33.1 Å². The van der Waals surface area contributed by atoms with Crippen LogP contribution in [-0.4, -0.2) is 48.7 Å². The Kier molecular flexibility index (Phi) is 5.32. The van der Waals surface area contributed by atoms with Crippen LogP contribution in [0.1, 0.15) is 0 Å². The van der Waals surface area contributed by atoms with E-state index in [0.29, 0.717) is 5.69 Å². The van der Waals surface area contributed by atoms with E-state index in [1.165, 1.54) is 12.0 Å². The predicted molar refractivity (Wildman–Crippen MR) is 125 cm³/mol. The topological polar surface area (TPSA) is 92.0 Å². The Hall–Kier alpha value is -4.10. The van der Waals surface area contributed by atoms with Gasteiger partial charge in [0.25, 0.3) is 5.91 Å². The summed E-state index contributed by atoms with van der Waals surface area (Å²) in [5.41, 5.74) is 4.66. The number of rotatable bonds is 6. The number of carbonyl (C=O) groups is 2. The van der Waals surface area contributed by atoms with Crippen molar-refractivity contribution in [1.29, 1.82) is 0 Å². The molecule has 1 aromatic heterocycles. The number of carbonyl (C=O) groups excluding carboxylic acids is 2. The maximum absolute atomic E-state index is 12.7. The quantitative estimate of drug-likeness (QED) is 0.440. The van der Waals surface area contributed by atoms with Gasteiger partial charge in [-0.15, -0.1) is 0 Å². The number of furan rings is 1. The minimum Gasteiger partial charge on any atom is -0.466 e. The standard InChI is InChI=1S/C26H22N2O5/c1-32-26(31)21-15-28(13-14-29)25(30)23(21)27-17-11-9-16(10-12-17)18-6-4-7-20-19-5-2-3-8-22(19)33-24(18)20/h2-12,27,29H,13-15H2,1H3. The number of esters is 1. The summed E-state index contributed by atoms with van der Waals surface area (Å²) in [5.74, 6) is -0.917. The molecule has 3 aromatic carbocycles. The van der Waals surface area contributed by atoms with Gasteiger partial charge in [0.1, 0.15) is 16.9 Å². The van der Waals surface area contributed by atoms with Gasteiger partial charge in [0.2, 0.25) is 0 Å². The molecule has 33 heavy (non-hydrogen) atoms. The number of nitrogens with one attached hydrogen (secondary N) is 1. The van der Waals surface area contributed by atoms with Gasteiger partial charge in [-0.3, -0.25) is 4.79 Å². The summed E-state index contributed by atoms with van der Waals surface area (Å²) in [5, 5.41) is 14.4. The summed E-state index contributed by atoms with van der Waals surface area (Å²) < 4.78 is 11.0. The highest BCUT2D eigenvalue weighted by molar-refractivity contribution is 6.10. The van der Waals surface area contributed by atoms with Crippen molar-refractivity contribution in [1.82, 2.24) is 4.90 Å². The van der Waals surface area contributed by atoms with Crippen LogP contribution >= 0.6 is 0 Å². The first-order valence-corrected chi connectivity index (χ1v) is 10.6. The molecule has 4 aromatic rings. The molecule has 1 amide bonds. The maximum atomic E-state index is 12.7. The molecule has 0 fully saturated rings. The summed E-state index contributed by atoms with van der Waals surface area (Å²) in [6.45, 7) is 0.0565. The van der Waals surface area contributed by atoms with E-state index in [9.17, 15) is 14.7 Å². The molecule has 0 unspecified atom stereocenters. The van der Waals surface area contributed by atoms with Crippen LogP contribution in [0.5, 0.6) is 0 Å². The molecule has 0 atom stereocenters. The second-order valence-electron chi connectivity index (χ2n) is 7.78. The normalized spacial score (nSPS) is 13.9. The SMILES string of the molecule is COC(=O)C1=C(Nc2ccc(-c3cccc4c3oc3ccccc34)cc2)C(=O)N(CCO)C1. The van der Waals surface area contributed by atoms with Crippen LogP contribution < -0.4 is 5.32 Å². The average molecular weight is 442 g/mol. The summed E-state index contributed by atoms with van der Waals surface area (Å²) in [6, 6.07) is 21.6. The molecule has 2 heterocycles. The molecule has 1 aliphatic heterocycles. The van der Waals surface area contributed by atoms with E-state index >= 15 is 0 Å². The molecule has 0 saturated heterocycles. The molecule has 166 valence electrons. The van der Waals surface area contributed by atoms with Crippen molar-refractivity contribution in [3.05, 3.63) is 78.0 Å². The highest BCUT2D eigenvalue weighted by atomic mass is 16.5. The van der Waals surface area contributed by atoms with Gasteiger partial charge in [-0.1, -0.05) is 48.5 Å². The molecule has 0 saturated carbocycles. The Morgan fingerprint density at radius 1 is 1.06 bits per heavy atom. The van der Waals surface area contributed by atoms with E-state index in [-0.39, 0.29) is 36.9 Å². The van der Waals surface area contributed by atoms with Crippen molar-refractivity contribution in [3.8, 4) is 11.1 Å². The Bertz CT molecular complexity index is 1400. The number of fused-ring (bicyclic) bond motifs is 3. The number of methoxy groups -OCH3 is 1. The van der Waals surface area contributed by atoms with Gasteiger partial charge in [-0.25, -0.2) is 4.79 Å². The lowest BCUT2D eigenvalue weighted by molar-refractivity contribution is -0.136. The van der Waals surface area contributed by atoms with Crippen molar-refractivity contribution in [2.24, 2.45) is 0 Å². The van der Waals surface area contributed by atoms with Gasteiger partial charge in [-0.05, 0) is 23.8 Å².